The number of unbranched alkanes of at least 4 members (excludes halogenated alkanes) is 2. The van der Waals surface area contributed by atoms with Crippen LogP contribution in [-0.2, 0) is 0 Å². The van der Waals surface area contributed by atoms with Crippen molar-refractivity contribution in [2.45, 2.75) is 52.4 Å². The van der Waals surface area contributed by atoms with Gasteiger partial charge in [0.05, 0.1) is 0 Å². The summed E-state index contributed by atoms with van der Waals surface area (Å²) in [6, 6.07) is 0. The van der Waals surface area contributed by atoms with E-state index in [2.05, 4.69) is 23.6 Å². The van der Waals surface area contributed by atoms with Gasteiger partial charge in [0, 0.05) is 32.8 Å². The molecule has 1 N–H and O–H groups in total. The van der Waals surface area contributed by atoms with Gasteiger partial charge in [-0.3, -0.25) is 0 Å². The maximum Gasteiger partial charge on any atom is 0.0459 e. The Labute approximate surface area is 120 Å². The molecular formula is C16H34N2O. The summed E-state index contributed by atoms with van der Waals surface area (Å²) in [5, 5.41) is 9.34. The lowest BCUT2D eigenvalue weighted by molar-refractivity contribution is 0.134. The van der Waals surface area contributed by atoms with E-state index in [0.29, 0.717) is 12.5 Å². The summed E-state index contributed by atoms with van der Waals surface area (Å²) in [7, 11) is 0. The van der Waals surface area contributed by atoms with Gasteiger partial charge >= 0.3 is 0 Å². The molecule has 0 aliphatic carbocycles. The molecule has 0 unspecified atom stereocenters. The first-order valence-corrected chi connectivity index (χ1v) is 8.35. The van der Waals surface area contributed by atoms with Crippen molar-refractivity contribution in [2.24, 2.45) is 5.92 Å². The average Bonchev–Trinajstić information content (AvgIpc) is 2.47. The van der Waals surface area contributed by atoms with Crippen molar-refractivity contribution in [3.8, 4) is 0 Å². The summed E-state index contributed by atoms with van der Waals surface area (Å²) in [5.74, 6) is 0.553. The van der Waals surface area contributed by atoms with Crippen LogP contribution in [0, 0.1) is 5.92 Å². The Morgan fingerprint density at radius 3 is 2.11 bits per heavy atom. The summed E-state index contributed by atoms with van der Waals surface area (Å²) < 4.78 is 0. The van der Waals surface area contributed by atoms with Crippen molar-refractivity contribution in [1.82, 2.24) is 9.80 Å². The third-order valence-corrected chi connectivity index (χ3v) is 4.47. The van der Waals surface area contributed by atoms with E-state index in [9.17, 15) is 5.11 Å². The van der Waals surface area contributed by atoms with Crippen LogP contribution in [0.15, 0.2) is 0 Å². The van der Waals surface area contributed by atoms with Crippen LogP contribution in [0.3, 0.4) is 0 Å². The number of aliphatic hydroxyl groups excluding tert-OH is 1. The predicted molar refractivity (Wildman–Crippen MR) is 82.5 cm³/mol. The standard InChI is InChI=1S/C16H34N2O/c1-3-5-8-16(15-19)9-6-7-10-18-13-11-17(4-2)12-14-18/h16,19H,3-15H2,1-2H3/t16-/m1/s1. The Bertz CT molecular complexity index is 203. The Balaban J connectivity index is 2.01. The van der Waals surface area contributed by atoms with Crippen molar-refractivity contribution < 1.29 is 5.11 Å². The molecule has 1 rings (SSSR count). The molecule has 0 amide bonds. The van der Waals surface area contributed by atoms with Crippen LogP contribution < -0.4 is 0 Å². The van der Waals surface area contributed by atoms with E-state index in [4.69, 9.17) is 0 Å². The third-order valence-electron chi connectivity index (χ3n) is 4.47. The highest BCUT2D eigenvalue weighted by molar-refractivity contribution is 4.71. The number of hydrogen-bond donors (Lipinski definition) is 1. The molecule has 0 aromatic heterocycles. The molecule has 1 aliphatic rings. The van der Waals surface area contributed by atoms with E-state index in [1.165, 1.54) is 77.8 Å². The second-order valence-corrected chi connectivity index (χ2v) is 5.96. The topological polar surface area (TPSA) is 26.7 Å². The van der Waals surface area contributed by atoms with E-state index in [1.807, 2.05) is 0 Å². The van der Waals surface area contributed by atoms with Gasteiger partial charge in [0.1, 0.15) is 0 Å². The van der Waals surface area contributed by atoms with Gasteiger partial charge in [-0.15, -0.1) is 0 Å². The fraction of sp³-hybridized carbons (Fsp3) is 1.00. The van der Waals surface area contributed by atoms with Gasteiger partial charge in [-0.25, -0.2) is 0 Å². The number of aliphatic hydroxyl groups is 1. The minimum atomic E-state index is 0.384. The average molecular weight is 270 g/mol. The monoisotopic (exact) mass is 270 g/mol. The molecule has 0 aromatic carbocycles. The third kappa shape index (κ3) is 7.28. The van der Waals surface area contributed by atoms with Crippen molar-refractivity contribution >= 4 is 0 Å². The molecule has 3 nitrogen and oxygen atoms in total. The molecule has 3 heteroatoms. The van der Waals surface area contributed by atoms with Crippen LogP contribution in [0.1, 0.15) is 52.4 Å². The molecule has 0 aromatic rings. The number of hydrogen-bond acceptors (Lipinski definition) is 3. The highest BCUT2D eigenvalue weighted by atomic mass is 16.3. The number of rotatable bonds is 10. The van der Waals surface area contributed by atoms with E-state index >= 15 is 0 Å². The van der Waals surface area contributed by atoms with Gasteiger partial charge in [0.25, 0.3) is 0 Å². The van der Waals surface area contributed by atoms with Crippen LogP contribution in [-0.4, -0.2) is 60.8 Å². The van der Waals surface area contributed by atoms with Crippen molar-refractivity contribution in [1.29, 1.82) is 0 Å². The maximum absolute atomic E-state index is 9.34. The first kappa shape index (κ1) is 16.9. The van der Waals surface area contributed by atoms with Gasteiger partial charge in [-0.2, -0.15) is 0 Å². The smallest absolute Gasteiger partial charge is 0.0459 e. The Hall–Kier alpha value is -0.120. The van der Waals surface area contributed by atoms with Crippen molar-refractivity contribution in [3.63, 3.8) is 0 Å². The molecule has 1 aliphatic heterocycles. The summed E-state index contributed by atoms with van der Waals surface area (Å²) >= 11 is 0. The molecule has 114 valence electrons. The van der Waals surface area contributed by atoms with Crippen LogP contribution in [0.5, 0.6) is 0 Å². The number of nitrogens with zero attached hydrogens (tertiary/aromatic N) is 2. The first-order valence-electron chi connectivity index (χ1n) is 8.35. The van der Waals surface area contributed by atoms with E-state index < -0.39 is 0 Å². The number of likely N-dealkylation sites (N-methyl/N-ethyl adjacent to an activating group) is 1. The van der Waals surface area contributed by atoms with Crippen LogP contribution >= 0.6 is 0 Å². The minimum Gasteiger partial charge on any atom is -0.396 e. The Morgan fingerprint density at radius 2 is 1.53 bits per heavy atom. The summed E-state index contributed by atoms with van der Waals surface area (Å²) in [6.45, 7) is 12.3. The van der Waals surface area contributed by atoms with Gasteiger partial charge in [0.2, 0.25) is 0 Å². The zero-order valence-electron chi connectivity index (χ0n) is 13.1. The molecule has 1 fully saturated rings. The lowest BCUT2D eigenvalue weighted by Crippen LogP contribution is -2.46. The Kier molecular flexibility index (Phi) is 9.48. The minimum absolute atomic E-state index is 0.384. The SMILES string of the molecule is CCCC[C@@H](CO)CCCCN1CCN(CC)CC1. The number of piperazine rings is 1. The van der Waals surface area contributed by atoms with Crippen molar-refractivity contribution in [3.05, 3.63) is 0 Å². The molecular weight excluding hydrogens is 236 g/mol. The molecule has 19 heavy (non-hydrogen) atoms. The molecule has 0 saturated carbocycles. The second kappa shape index (κ2) is 10.6. The van der Waals surface area contributed by atoms with E-state index in [1.54, 1.807) is 0 Å². The second-order valence-electron chi connectivity index (χ2n) is 5.96. The van der Waals surface area contributed by atoms with Crippen LogP contribution in [0.4, 0.5) is 0 Å². The highest BCUT2D eigenvalue weighted by Crippen LogP contribution is 2.15. The van der Waals surface area contributed by atoms with Gasteiger partial charge in [-0.05, 0) is 38.3 Å². The summed E-state index contributed by atoms with van der Waals surface area (Å²) in [6.07, 6.45) is 7.52. The van der Waals surface area contributed by atoms with Gasteiger partial charge < -0.3 is 14.9 Å². The molecule has 1 heterocycles. The molecule has 0 bridgehead atoms. The van der Waals surface area contributed by atoms with Crippen LogP contribution in [0.2, 0.25) is 0 Å². The molecule has 0 spiro atoms. The fourth-order valence-electron chi connectivity index (χ4n) is 2.92. The van der Waals surface area contributed by atoms with Gasteiger partial charge in [-0.1, -0.05) is 33.1 Å². The molecule has 0 radical (unpaired) electrons. The maximum atomic E-state index is 9.34. The zero-order chi connectivity index (χ0) is 13.9. The quantitative estimate of drug-likeness (QED) is 0.618. The normalized spacial score (nSPS) is 19.7. The lowest BCUT2D eigenvalue weighted by Gasteiger charge is -2.34. The predicted octanol–water partition coefficient (Wildman–Crippen LogP) is 2.59. The summed E-state index contributed by atoms with van der Waals surface area (Å²) in [4.78, 5) is 5.13. The van der Waals surface area contributed by atoms with Crippen LogP contribution in [0.25, 0.3) is 0 Å². The van der Waals surface area contributed by atoms with E-state index in [-0.39, 0.29) is 0 Å². The molecule has 1 atom stereocenters. The fourth-order valence-corrected chi connectivity index (χ4v) is 2.92. The first-order chi connectivity index (χ1) is 9.30. The largest absolute Gasteiger partial charge is 0.396 e. The lowest BCUT2D eigenvalue weighted by atomic mass is 9.97. The Morgan fingerprint density at radius 1 is 0.895 bits per heavy atom. The highest BCUT2D eigenvalue weighted by Gasteiger charge is 2.14. The summed E-state index contributed by atoms with van der Waals surface area (Å²) in [5.41, 5.74) is 0. The van der Waals surface area contributed by atoms with E-state index in [0.717, 1.165) is 0 Å². The van der Waals surface area contributed by atoms with Gasteiger partial charge in [0.15, 0.2) is 0 Å². The zero-order valence-corrected chi connectivity index (χ0v) is 13.1. The molecule has 1 saturated heterocycles. The van der Waals surface area contributed by atoms with Crippen molar-refractivity contribution in [2.75, 3.05) is 45.9 Å².